The summed E-state index contributed by atoms with van der Waals surface area (Å²) < 4.78 is 5.27. The first-order chi connectivity index (χ1) is 13.3. The summed E-state index contributed by atoms with van der Waals surface area (Å²) in [4.78, 5) is 15.7. The lowest BCUT2D eigenvalue weighted by Crippen LogP contribution is -2.04. The minimum absolute atomic E-state index is 0.0931. The second-order valence-corrected chi connectivity index (χ2v) is 7.35. The Kier molecular flexibility index (Phi) is 15.4. The van der Waals surface area contributed by atoms with Gasteiger partial charge in [0.15, 0.2) is 0 Å². The van der Waals surface area contributed by atoms with Gasteiger partial charge in [-0.15, -0.1) is 0 Å². The van der Waals surface area contributed by atoms with E-state index in [4.69, 9.17) is 4.74 Å². The molecule has 1 aromatic heterocycles. The first-order valence-electron chi connectivity index (χ1n) is 11.0. The standard InChI is InChI=1S/C24H39NO2/c1-2-3-4-5-6-7-8-9-10-11-12-13-14-15-16-17-24(26)27-22-23-18-20-25-21-19-23/h9-10,18-21H,2-8,11-17,22H2,1H3/b10-9-. The number of nitrogens with zero attached hydrogens (tertiary/aromatic N) is 1. The number of carbonyl (C=O) groups excluding carboxylic acids is 1. The van der Waals surface area contributed by atoms with E-state index in [1.807, 2.05) is 12.1 Å². The Hall–Kier alpha value is -1.64. The molecule has 27 heavy (non-hydrogen) atoms. The van der Waals surface area contributed by atoms with Crippen LogP contribution in [0.25, 0.3) is 0 Å². The molecule has 0 radical (unpaired) electrons. The van der Waals surface area contributed by atoms with Gasteiger partial charge in [0.05, 0.1) is 0 Å². The highest BCUT2D eigenvalue weighted by molar-refractivity contribution is 5.69. The normalized spacial score (nSPS) is 11.1. The van der Waals surface area contributed by atoms with Crippen LogP contribution >= 0.6 is 0 Å². The molecule has 0 amide bonds. The summed E-state index contributed by atoms with van der Waals surface area (Å²) in [5.74, 6) is -0.0931. The molecule has 0 bridgehead atoms. The van der Waals surface area contributed by atoms with Crippen LogP contribution in [0.4, 0.5) is 0 Å². The molecule has 0 saturated heterocycles. The number of carbonyl (C=O) groups is 1. The van der Waals surface area contributed by atoms with E-state index in [9.17, 15) is 4.79 Å². The predicted molar refractivity (Wildman–Crippen MR) is 113 cm³/mol. The fraction of sp³-hybridized carbons (Fsp3) is 0.667. The number of ether oxygens (including phenoxy) is 1. The Balaban J connectivity index is 1.82. The number of aromatic nitrogens is 1. The van der Waals surface area contributed by atoms with E-state index < -0.39 is 0 Å². The molecule has 1 rings (SSSR count). The van der Waals surface area contributed by atoms with Gasteiger partial charge in [0.2, 0.25) is 0 Å². The van der Waals surface area contributed by atoms with Crippen LogP contribution in [0.3, 0.4) is 0 Å². The number of rotatable bonds is 17. The van der Waals surface area contributed by atoms with Crippen LogP contribution in [0.1, 0.15) is 102 Å². The highest BCUT2D eigenvalue weighted by atomic mass is 16.5. The van der Waals surface area contributed by atoms with Gasteiger partial charge in [-0.1, -0.05) is 70.4 Å². The maximum absolute atomic E-state index is 11.7. The average molecular weight is 374 g/mol. The first kappa shape index (κ1) is 23.4. The average Bonchev–Trinajstić information content (AvgIpc) is 2.70. The minimum Gasteiger partial charge on any atom is -0.461 e. The predicted octanol–water partition coefficient (Wildman–Crippen LogP) is 7.16. The first-order valence-corrected chi connectivity index (χ1v) is 11.0. The van der Waals surface area contributed by atoms with Gasteiger partial charge >= 0.3 is 5.97 Å². The van der Waals surface area contributed by atoms with Gasteiger partial charge < -0.3 is 4.74 Å². The summed E-state index contributed by atoms with van der Waals surface area (Å²) in [6.07, 6.45) is 25.2. The van der Waals surface area contributed by atoms with Crippen LogP contribution in [0.5, 0.6) is 0 Å². The van der Waals surface area contributed by atoms with E-state index in [1.54, 1.807) is 12.4 Å². The van der Waals surface area contributed by atoms with Crippen LogP contribution in [0.15, 0.2) is 36.7 Å². The Morgan fingerprint density at radius 1 is 0.852 bits per heavy atom. The maximum Gasteiger partial charge on any atom is 0.306 e. The van der Waals surface area contributed by atoms with E-state index in [-0.39, 0.29) is 5.97 Å². The van der Waals surface area contributed by atoms with Crippen molar-refractivity contribution in [2.45, 2.75) is 103 Å². The lowest BCUT2D eigenvalue weighted by molar-refractivity contribution is -0.145. The van der Waals surface area contributed by atoms with Crippen molar-refractivity contribution in [3.8, 4) is 0 Å². The Bertz CT molecular complexity index is 484. The molecule has 0 unspecified atom stereocenters. The molecule has 0 spiro atoms. The summed E-state index contributed by atoms with van der Waals surface area (Å²) >= 11 is 0. The fourth-order valence-corrected chi connectivity index (χ4v) is 3.06. The van der Waals surface area contributed by atoms with E-state index in [1.165, 1.54) is 70.6 Å². The van der Waals surface area contributed by atoms with Crippen molar-refractivity contribution in [3.05, 3.63) is 42.2 Å². The van der Waals surface area contributed by atoms with Crippen molar-refractivity contribution >= 4 is 5.97 Å². The van der Waals surface area contributed by atoms with E-state index in [0.29, 0.717) is 13.0 Å². The second-order valence-electron chi connectivity index (χ2n) is 7.35. The lowest BCUT2D eigenvalue weighted by atomic mass is 10.1. The van der Waals surface area contributed by atoms with Gasteiger partial charge in [-0.05, 0) is 49.8 Å². The third-order valence-corrected chi connectivity index (χ3v) is 4.79. The second kappa shape index (κ2) is 17.8. The quantitative estimate of drug-likeness (QED) is 0.165. The van der Waals surface area contributed by atoms with Crippen LogP contribution in [0.2, 0.25) is 0 Å². The molecule has 152 valence electrons. The van der Waals surface area contributed by atoms with Crippen molar-refractivity contribution in [3.63, 3.8) is 0 Å². The molecule has 0 aliphatic heterocycles. The Morgan fingerprint density at radius 3 is 2.04 bits per heavy atom. The Morgan fingerprint density at radius 2 is 1.41 bits per heavy atom. The highest BCUT2D eigenvalue weighted by Crippen LogP contribution is 2.10. The molecule has 0 atom stereocenters. The molecule has 0 fully saturated rings. The lowest BCUT2D eigenvalue weighted by Gasteiger charge is -2.04. The third-order valence-electron chi connectivity index (χ3n) is 4.79. The number of hydrogen-bond acceptors (Lipinski definition) is 3. The molecule has 0 N–H and O–H groups in total. The smallest absolute Gasteiger partial charge is 0.306 e. The van der Waals surface area contributed by atoms with Crippen molar-refractivity contribution in [2.75, 3.05) is 0 Å². The van der Waals surface area contributed by atoms with E-state index >= 15 is 0 Å². The summed E-state index contributed by atoms with van der Waals surface area (Å²) in [5.41, 5.74) is 0.989. The van der Waals surface area contributed by atoms with E-state index in [0.717, 1.165) is 18.4 Å². The van der Waals surface area contributed by atoms with Crippen molar-refractivity contribution < 1.29 is 9.53 Å². The van der Waals surface area contributed by atoms with Crippen molar-refractivity contribution in [2.24, 2.45) is 0 Å². The third kappa shape index (κ3) is 15.1. The molecular weight excluding hydrogens is 334 g/mol. The summed E-state index contributed by atoms with van der Waals surface area (Å²) in [6, 6.07) is 3.74. The van der Waals surface area contributed by atoms with Gasteiger partial charge in [-0.25, -0.2) is 0 Å². The molecular formula is C24H39NO2. The van der Waals surface area contributed by atoms with Crippen molar-refractivity contribution in [1.29, 1.82) is 0 Å². The van der Waals surface area contributed by atoms with Crippen LogP contribution in [0, 0.1) is 0 Å². The molecule has 1 aromatic rings. The van der Waals surface area contributed by atoms with Crippen LogP contribution in [-0.4, -0.2) is 11.0 Å². The fourth-order valence-electron chi connectivity index (χ4n) is 3.06. The zero-order valence-corrected chi connectivity index (χ0v) is 17.3. The number of hydrogen-bond donors (Lipinski definition) is 0. The van der Waals surface area contributed by atoms with Crippen molar-refractivity contribution in [1.82, 2.24) is 4.98 Å². The topological polar surface area (TPSA) is 39.2 Å². The minimum atomic E-state index is -0.0931. The van der Waals surface area contributed by atoms with Crippen LogP contribution in [-0.2, 0) is 16.1 Å². The molecule has 0 saturated carbocycles. The van der Waals surface area contributed by atoms with Gasteiger partial charge in [0.25, 0.3) is 0 Å². The number of pyridine rings is 1. The maximum atomic E-state index is 11.7. The van der Waals surface area contributed by atoms with Gasteiger partial charge in [-0.2, -0.15) is 0 Å². The molecule has 0 aliphatic rings. The summed E-state index contributed by atoms with van der Waals surface area (Å²) in [6.45, 7) is 2.62. The summed E-state index contributed by atoms with van der Waals surface area (Å²) in [7, 11) is 0. The van der Waals surface area contributed by atoms with Gasteiger partial charge in [0, 0.05) is 18.8 Å². The number of allylic oxidation sites excluding steroid dienone is 2. The number of esters is 1. The van der Waals surface area contributed by atoms with E-state index in [2.05, 4.69) is 24.1 Å². The SMILES string of the molecule is CCCCCCCC/C=C\CCCCCCCC(=O)OCc1ccncc1. The zero-order chi connectivity index (χ0) is 19.4. The summed E-state index contributed by atoms with van der Waals surface area (Å²) in [5, 5.41) is 0. The van der Waals surface area contributed by atoms with Crippen LogP contribution < -0.4 is 0 Å². The largest absolute Gasteiger partial charge is 0.461 e. The molecule has 0 aromatic carbocycles. The molecule has 3 nitrogen and oxygen atoms in total. The highest BCUT2D eigenvalue weighted by Gasteiger charge is 2.03. The Labute approximate surface area is 166 Å². The number of unbranched alkanes of at least 4 members (excludes halogenated alkanes) is 11. The molecule has 0 aliphatic carbocycles. The monoisotopic (exact) mass is 373 g/mol. The zero-order valence-electron chi connectivity index (χ0n) is 17.3. The molecule has 3 heteroatoms. The van der Waals surface area contributed by atoms with Gasteiger partial charge in [-0.3, -0.25) is 9.78 Å². The molecule has 1 heterocycles. The van der Waals surface area contributed by atoms with Gasteiger partial charge in [0.1, 0.15) is 6.61 Å².